The van der Waals surface area contributed by atoms with Gasteiger partial charge in [-0.15, -0.1) is 0 Å². The average molecular weight is 209 g/mol. The van der Waals surface area contributed by atoms with Crippen LogP contribution in [0.25, 0.3) is 0 Å². The smallest absolute Gasteiger partial charge is 0.129 e. The molecule has 1 aromatic heterocycles. The van der Waals surface area contributed by atoms with Crippen molar-refractivity contribution in [2.45, 2.75) is 52.4 Å². The van der Waals surface area contributed by atoms with Gasteiger partial charge in [0.05, 0.1) is 0 Å². The number of pyridine rings is 1. The molecule has 84 valence electrons. The molecule has 0 aliphatic heterocycles. The van der Waals surface area contributed by atoms with Crippen LogP contribution in [0.3, 0.4) is 0 Å². The van der Waals surface area contributed by atoms with Crippen molar-refractivity contribution in [3.63, 3.8) is 0 Å². The van der Waals surface area contributed by atoms with Gasteiger partial charge in [0, 0.05) is 23.4 Å². The van der Waals surface area contributed by atoms with Crippen molar-refractivity contribution in [3.05, 3.63) is 29.3 Å². The van der Waals surface area contributed by atoms with Crippen LogP contribution in [0.5, 0.6) is 0 Å². The van der Waals surface area contributed by atoms with Gasteiger partial charge < -0.3 is 0 Å². The van der Waals surface area contributed by atoms with Crippen LogP contribution in [0, 0.1) is 12.7 Å². The van der Waals surface area contributed by atoms with E-state index in [0.717, 1.165) is 5.69 Å². The Labute approximate surface area is 91.7 Å². The van der Waals surface area contributed by atoms with Crippen molar-refractivity contribution in [1.29, 1.82) is 0 Å². The highest BCUT2D eigenvalue weighted by atomic mass is 19.1. The molecule has 1 nitrogen and oxygen atoms in total. The van der Waals surface area contributed by atoms with E-state index in [9.17, 15) is 4.39 Å². The molecule has 0 bridgehead atoms. The fourth-order valence-corrected chi connectivity index (χ4v) is 1.96. The Balaban J connectivity index is 0.000000531. The van der Waals surface area contributed by atoms with Crippen molar-refractivity contribution in [2.24, 2.45) is 0 Å². The van der Waals surface area contributed by atoms with Gasteiger partial charge in [0.15, 0.2) is 0 Å². The lowest BCUT2D eigenvalue weighted by Crippen LogP contribution is -1.98. The topological polar surface area (TPSA) is 12.9 Å². The van der Waals surface area contributed by atoms with E-state index in [0.29, 0.717) is 11.5 Å². The molecule has 2 heteroatoms. The summed E-state index contributed by atoms with van der Waals surface area (Å²) in [5.41, 5.74) is 1.59. The minimum absolute atomic E-state index is 0.114. The second kappa shape index (κ2) is 5.84. The maximum absolute atomic E-state index is 13.2. The minimum Gasteiger partial charge on any atom is -0.261 e. The summed E-state index contributed by atoms with van der Waals surface area (Å²) in [5, 5.41) is 0. The third kappa shape index (κ3) is 3.01. The number of rotatable bonds is 1. The summed E-state index contributed by atoms with van der Waals surface area (Å²) in [5.74, 6) is 0.395. The van der Waals surface area contributed by atoms with E-state index >= 15 is 0 Å². The van der Waals surface area contributed by atoms with Gasteiger partial charge in [0.2, 0.25) is 0 Å². The van der Waals surface area contributed by atoms with Crippen LogP contribution in [-0.4, -0.2) is 4.98 Å². The second-order valence-electron chi connectivity index (χ2n) is 3.84. The Hall–Kier alpha value is -0.920. The molecule has 0 saturated heterocycles. The van der Waals surface area contributed by atoms with Crippen molar-refractivity contribution < 1.29 is 4.39 Å². The molecule has 1 aromatic rings. The van der Waals surface area contributed by atoms with E-state index in [4.69, 9.17) is 0 Å². The van der Waals surface area contributed by atoms with Gasteiger partial charge in [0.1, 0.15) is 5.82 Å². The Morgan fingerprint density at radius 1 is 1.27 bits per heavy atom. The zero-order chi connectivity index (χ0) is 11.3. The van der Waals surface area contributed by atoms with Crippen molar-refractivity contribution in [2.75, 3.05) is 0 Å². The largest absolute Gasteiger partial charge is 0.261 e. The number of hydrogen-bond acceptors (Lipinski definition) is 1. The summed E-state index contributed by atoms with van der Waals surface area (Å²) in [6.45, 7) is 5.75. The number of aryl methyl sites for hydroxylation is 1. The van der Waals surface area contributed by atoms with Crippen LogP contribution < -0.4 is 0 Å². The Morgan fingerprint density at radius 2 is 1.87 bits per heavy atom. The van der Waals surface area contributed by atoms with Crippen LogP contribution in [0.1, 0.15) is 56.7 Å². The van der Waals surface area contributed by atoms with Crippen molar-refractivity contribution >= 4 is 0 Å². The second-order valence-corrected chi connectivity index (χ2v) is 3.84. The standard InChI is InChI=1S/C11H14FN.C2H6/c1-8-7-13-11(6-10(8)12)9-4-2-3-5-9;1-2/h6-7,9H,2-5H2,1H3;1-2H3. The van der Waals surface area contributed by atoms with Gasteiger partial charge in [-0.25, -0.2) is 4.39 Å². The molecule has 1 heterocycles. The molecule has 15 heavy (non-hydrogen) atoms. The monoisotopic (exact) mass is 209 g/mol. The van der Waals surface area contributed by atoms with Gasteiger partial charge in [0.25, 0.3) is 0 Å². The van der Waals surface area contributed by atoms with E-state index in [1.807, 2.05) is 13.8 Å². The summed E-state index contributed by atoms with van der Waals surface area (Å²) in [4.78, 5) is 4.28. The SMILES string of the molecule is CC.Cc1cnc(C2CCCC2)cc1F. The van der Waals surface area contributed by atoms with E-state index < -0.39 is 0 Å². The molecule has 0 aromatic carbocycles. The molecular formula is C13H20FN. The lowest BCUT2D eigenvalue weighted by Gasteiger charge is -2.08. The first-order chi connectivity index (χ1) is 7.27. The molecule has 0 N–H and O–H groups in total. The maximum Gasteiger partial charge on any atom is 0.129 e. The van der Waals surface area contributed by atoms with Crippen molar-refractivity contribution in [3.8, 4) is 0 Å². The van der Waals surface area contributed by atoms with Gasteiger partial charge in [-0.05, 0) is 25.8 Å². The summed E-state index contributed by atoms with van der Waals surface area (Å²) < 4.78 is 13.2. The van der Waals surface area contributed by atoms with Crippen LogP contribution in [0.2, 0.25) is 0 Å². The molecule has 1 fully saturated rings. The lowest BCUT2D eigenvalue weighted by atomic mass is 10.0. The Bertz CT molecular complexity index is 303. The van der Waals surface area contributed by atoms with Gasteiger partial charge in [-0.1, -0.05) is 26.7 Å². The van der Waals surface area contributed by atoms with Gasteiger partial charge in [-0.2, -0.15) is 0 Å². The van der Waals surface area contributed by atoms with Crippen LogP contribution >= 0.6 is 0 Å². The summed E-state index contributed by atoms with van der Waals surface area (Å²) in [7, 11) is 0. The first kappa shape index (κ1) is 12.2. The highest BCUT2D eigenvalue weighted by Crippen LogP contribution is 2.33. The highest BCUT2D eigenvalue weighted by Gasteiger charge is 2.18. The van der Waals surface area contributed by atoms with Crippen molar-refractivity contribution in [1.82, 2.24) is 4.98 Å². The molecule has 0 spiro atoms. The molecule has 0 amide bonds. The molecule has 0 atom stereocenters. The zero-order valence-corrected chi connectivity index (χ0v) is 9.89. The number of halogens is 1. The van der Waals surface area contributed by atoms with E-state index in [2.05, 4.69) is 4.98 Å². The fraction of sp³-hybridized carbons (Fsp3) is 0.615. The Morgan fingerprint density at radius 3 is 2.40 bits per heavy atom. The summed E-state index contributed by atoms with van der Waals surface area (Å²) in [6, 6.07) is 1.60. The van der Waals surface area contributed by atoms with Crippen LogP contribution in [0.4, 0.5) is 4.39 Å². The third-order valence-electron chi connectivity index (χ3n) is 2.83. The molecule has 1 saturated carbocycles. The quantitative estimate of drug-likeness (QED) is 0.675. The zero-order valence-electron chi connectivity index (χ0n) is 9.89. The predicted molar refractivity (Wildman–Crippen MR) is 61.5 cm³/mol. The minimum atomic E-state index is -0.114. The number of aromatic nitrogens is 1. The number of nitrogens with zero attached hydrogens (tertiary/aromatic N) is 1. The van der Waals surface area contributed by atoms with Gasteiger partial charge in [-0.3, -0.25) is 4.98 Å². The highest BCUT2D eigenvalue weighted by molar-refractivity contribution is 5.18. The first-order valence-electron chi connectivity index (χ1n) is 5.89. The summed E-state index contributed by atoms with van der Waals surface area (Å²) in [6.07, 6.45) is 6.53. The van der Waals surface area contributed by atoms with Crippen LogP contribution in [-0.2, 0) is 0 Å². The van der Waals surface area contributed by atoms with E-state index in [1.165, 1.54) is 25.7 Å². The molecule has 0 unspecified atom stereocenters. The average Bonchev–Trinajstić information content (AvgIpc) is 2.78. The van der Waals surface area contributed by atoms with Gasteiger partial charge >= 0.3 is 0 Å². The molecule has 1 aliphatic rings. The number of hydrogen-bond donors (Lipinski definition) is 0. The van der Waals surface area contributed by atoms with Crippen LogP contribution in [0.15, 0.2) is 12.3 Å². The Kier molecular flexibility index (Phi) is 4.73. The van der Waals surface area contributed by atoms with E-state index in [1.54, 1.807) is 19.2 Å². The third-order valence-corrected chi connectivity index (χ3v) is 2.83. The lowest BCUT2D eigenvalue weighted by molar-refractivity contribution is 0.601. The molecular weight excluding hydrogens is 189 g/mol. The first-order valence-corrected chi connectivity index (χ1v) is 5.89. The molecule has 2 rings (SSSR count). The molecule has 0 radical (unpaired) electrons. The maximum atomic E-state index is 13.2. The normalized spacial score (nSPS) is 16.0. The summed E-state index contributed by atoms with van der Waals surface area (Å²) >= 11 is 0. The fourth-order valence-electron chi connectivity index (χ4n) is 1.96. The van der Waals surface area contributed by atoms with E-state index in [-0.39, 0.29) is 5.82 Å². The molecule has 1 aliphatic carbocycles. The predicted octanol–water partition coefficient (Wildman–Crippen LogP) is 4.21.